The lowest BCUT2D eigenvalue weighted by atomic mass is 10.2. The number of morpholine rings is 1. The van der Waals surface area contributed by atoms with Gasteiger partial charge in [-0.3, -0.25) is 0 Å². The van der Waals surface area contributed by atoms with E-state index in [4.69, 9.17) is 9.72 Å². The predicted molar refractivity (Wildman–Crippen MR) is 88.5 cm³/mol. The summed E-state index contributed by atoms with van der Waals surface area (Å²) in [4.78, 5) is 14.1. The van der Waals surface area contributed by atoms with Crippen LogP contribution in [0.1, 0.15) is 25.6 Å². The second kappa shape index (κ2) is 5.77. The number of aromatic nitrogens is 2. The molecule has 3 rings (SSSR count). The van der Waals surface area contributed by atoms with Gasteiger partial charge in [0.15, 0.2) is 0 Å². The molecule has 1 aliphatic heterocycles. The number of hydrogen-bond acceptors (Lipinski definition) is 6. The van der Waals surface area contributed by atoms with Crippen molar-refractivity contribution in [3.63, 3.8) is 0 Å². The van der Waals surface area contributed by atoms with Crippen LogP contribution in [0.25, 0.3) is 10.2 Å². The summed E-state index contributed by atoms with van der Waals surface area (Å²) in [5.74, 6) is 1.75. The Hall–Kier alpha value is -1.40. The van der Waals surface area contributed by atoms with Gasteiger partial charge >= 0.3 is 0 Å². The van der Waals surface area contributed by atoms with Crippen molar-refractivity contribution < 1.29 is 4.74 Å². The first-order valence-corrected chi connectivity index (χ1v) is 8.30. The van der Waals surface area contributed by atoms with E-state index in [2.05, 4.69) is 49.0 Å². The van der Waals surface area contributed by atoms with Crippen LogP contribution in [0.15, 0.2) is 6.07 Å². The van der Waals surface area contributed by atoms with Crippen LogP contribution in [0.3, 0.4) is 0 Å². The molecule has 0 aliphatic carbocycles. The summed E-state index contributed by atoms with van der Waals surface area (Å²) in [5, 5.41) is 4.39. The minimum absolute atomic E-state index is 0.230. The molecule has 5 nitrogen and oxygen atoms in total. The van der Waals surface area contributed by atoms with E-state index in [0.29, 0.717) is 12.0 Å². The van der Waals surface area contributed by atoms with Gasteiger partial charge in [-0.1, -0.05) is 0 Å². The molecule has 2 aromatic heterocycles. The smallest absolute Gasteiger partial charge is 0.226 e. The van der Waals surface area contributed by atoms with E-state index in [9.17, 15) is 0 Å². The van der Waals surface area contributed by atoms with E-state index in [0.717, 1.165) is 35.7 Å². The zero-order valence-electron chi connectivity index (χ0n) is 13.0. The molecule has 2 unspecified atom stereocenters. The van der Waals surface area contributed by atoms with E-state index >= 15 is 0 Å². The Morgan fingerprint density at radius 3 is 3.00 bits per heavy atom. The monoisotopic (exact) mass is 306 g/mol. The molecule has 114 valence electrons. The number of aryl methyl sites for hydroxylation is 1. The lowest BCUT2D eigenvalue weighted by Crippen LogP contribution is -2.47. The molecule has 0 spiro atoms. The molecular weight excluding hydrogens is 284 g/mol. The van der Waals surface area contributed by atoms with Gasteiger partial charge < -0.3 is 15.0 Å². The molecule has 0 aromatic carbocycles. The fourth-order valence-electron chi connectivity index (χ4n) is 2.68. The summed E-state index contributed by atoms with van der Waals surface area (Å²) in [7, 11) is 0. The second-order valence-corrected chi connectivity index (χ2v) is 6.86. The van der Waals surface area contributed by atoms with Gasteiger partial charge in [0, 0.05) is 18.0 Å². The molecule has 21 heavy (non-hydrogen) atoms. The van der Waals surface area contributed by atoms with Crippen molar-refractivity contribution in [2.75, 3.05) is 29.9 Å². The van der Waals surface area contributed by atoms with Crippen LogP contribution >= 0.6 is 11.3 Å². The molecule has 0 amide bonds. The van der Waals surface area contributed by atoms with Gasteiger partial charge in [-0.2, -0.15) is 4.98 Å². The highest BCUT2D eigenvalue weighted by molar-refractivity contribution is 7.18. The second-order valence-electron chi connectivity index (χ2n) is 5.62. The fourth-order valence-corrected chi connectivity index (χ4v) is 3.56. The summed E-state index contributed by atoms with van der Waals surface area (Å²) in [6, 6.07) is 2.52. The standard InChI is InChI=1S/C15H22N4OS/c1-5-16-15-17-13(12-6-11(4)21-14(12)18-15)19-7-10(3)20-8-9(19)2/h6,9-10H,5,7-8H2,1-4H3,(H,16,17,18). The zero-order chi connectivity index (χ0) is 15.0. The summed E-state index contributed by atoms with van der Waals surface area (Å²) in [6.07, 6.45) is 0.230. The highest BCUT2D eigenvalue weighted by Crippen LogP contribution is 2.33. The summed E-state index contributed by atoms with van der Waals surface area (Å²) < 4.78 is 5.74. The molecule has 0 bridgehead atoms. The van der Waals surface area contributed by atoms with Crippen LogP contribution in [-0.2, 0) is 4.74 Å². The Bertz CT molecular complexity index is 642. The number of fused-ring (bicyclic) bond motifs is 1. The average Bonchev–Trinajstić information content (AvgIpc) is 2.81. The van der Waals surface area contributed by atoms with Gasteiger partial charge in [0.25, 0.3) is 0 Å². The lowest BCUT2D eigenvalue weighted by molar-refractivity contribution is 0.0342. The number of thiophene rings is 1. The molecule has 1 N–H and O–H groups in total. The van der Waals surface area contributed by atoms with Crippen LogP contribution in [0.4, 0.5) is 11.8 Å². The van der Waals surface area contributed by atoms with Crippen molar-refractivity contribution in [3.8, 4) is 0 Å². The molecule has 0 saturated carbocycles. The van der Waals surface area contributed by atoms with Crippen molar-refractivity contribution in [1.82, 2.24) is 9.97 Å². The molecule has 0 radical (unpaired) electrons. The first-order valence-electron chi connectivity index (χ1n) is 7.48. The quantitative estimate of drug-likeness (QED) is 0.944. The normalized spacial score (nSPS) is 22.8. The van der Waals surface area contributed by atoms with E-state index in [-0.39, 0.29) is 6.10 Å². The Morgan fingerprint density at radius 2 is 2.24 bits per heavy atom. The lowest BCUT2D eigenvalue weighted by Gasteiger charge is -2.38. The first-order chi connectivity index (χ1) is 10.1. The molecule has 3 heterocycles. The third-order valence-electron chi connectivity index (χ3n) is 3.71. The van der Waals surface area contributed by atoms with E-state index in [1.54, 1.807) is 11.3 Å². The molecule has 1 fully saturated rings. The number of hydrogen-bond donors (Lipinski definition) is 1. The molecule has 2 atom stereocenters. The van der Waals surface area contributed by atoms with Gasteiger partial charge in [-0.05, 0) is 33.8 Å². The minimum atomic E-state index is 0.230. The van der Waals surface area contributed by atoms with Crippen LogP contribution in [-0.4, -0.2) is 41.8 Å². The van der Waals surface area contributed by atoms with E-state index < -0.39 is 0 Å². The predicted octanol–water partition coefficient (Wildman–Crippen LogP) is 3.05. The highest BCUT2D eigenvalue weighted by atomic mass is 32.1. The Kier molecular flexibility index (Phi) is 3.99. The van der Waals surface area contributed by atoms with Crippen molar-refractivity contribution >= 4 is 33.3 Å². The summed E-state index contributed by atoms with van der Waals surface area (Å²) in [5.41, 5.74) is 0. The maximum absolute atomic E-state index is 5.74. The van der Waals surface area contributed by atoms with Crippen molar-refractivity contribution in [3.05, 3.63) is 10.9 Å². The topological polar surface area (TPSA) is 50.3 Å². The Balaban J connectivity index is 2.10. The summed E-state index contributed by atoms with van der Waals surface area (Å²) in [6.45, 7) is 10.9. The molecule has 2 aromatic rings. The summed E-state index contributed by atoms with van der Waals surface area (Å²) >= 11 is 1.72. The largest absolute Gasteiger partial charge is 0.375 e. The number of nitrogens with one attached hydrogen (secondary N) is 1. The van der Waals surface area contributed by atoms with Crippen LogP contribution in [0.5, 0.6) is 0 Å². The Labute approximate surface area is 129 Å². The fraction of sp³-hybridized carbons (Fsp3) is 0.600. The maximum atomic E-state index is 5.74. The van der Waals surface area contributed by atoms with Crippen molar-refractivity contribution in [2.45, 2.75) is 39.8 Å². The van der Waals surface area contributed by atoms with E-state index in [1.807, 2.05) is 0 Å². The molecule has 1 aliphatic rings. The van der Waals surface area contributed by atoms with Crippen LogP contribution < -0.4 is 10.2 Å². The minimum Gasteiger partial charge on any atom is -0.375 e. The maximum Gasteiger partial charge on any atom is 0.226 e. The molecule has 1 saturated heterocycles. The number of ether oxygens (including phenoxy) is 1. The number of anilines is 2. The number of rotatable bonds is 3. The average molecular weight is 306 g/mol. The van der Waals surface area contributed by atoms with Crippen LogP contribution in [0, 0.1) is 6.92 Å². The third kappa shape index (κ3) is 2.82. The van der Waals surface area contributed by atoms with Gasteiger partial charge in [0.1, 0.15) is 10.6 Å². The Morgan fingerprint density at radius 1 is 1.43 bits per heavy atom. The zero-order valence-corrected chi connectivity index (χ0v) is 13.8. The van der Waals surface area contributed by atoms with Gasteiger partial charge in [-0.25, -0.2) is 4.98 Å². The SMILES string of the molecule is CCNc1nc(N2CC(C)OCC2C)c2cc(C)sc2n1. The third-order valence-corrected chi connectivity index (χ3v) is 4.65. The van der Waals surface area contributed by atoms with Gasteiger partial charge in [0.2, 0.25) is 5.95 Å². The van der Waals surface area contributed by atoms with Crippen molar-refractivity contribution in [2.24, 2.45) is 0 Å². The van der Waals surface area contributed by atoms with Crippen molar-refractivity contribution in [1.29, 1.82) is 0 Å². The van der Waals surface area contributed by atoms with E-state index in [1.165, 1.54) is 4.88 Å². The van der Waals surface area contributed by atoms with Crippen LogP contribution in [0.2, 0.25) is 0 Å². The molecule has 6 heteroatoms. The van der Waals surface area contributed by atoms with Gasteiger partial charge in [0.05, 0.1) is 24.1 Å². The van der Waals surface area contributed by atoms with Gasteiger partial charge in [-0.15, -0.1) is 11.3 Å². The first kappa shape index (κ1) is 14.5. The number of nitrogens with zero attached hydrogens (tertiary/aromatic N) is 3. The molecular formula is C15H22N4OS. The highest BCUT2D eigenvalue weighted by Gasteiger charge is 2.27.